The highest BCUT2D eigenvalue weighted by Crippen LogP contribution is 2.15. The lowest BCUT2D eigenvalue weighted by atomic mass is 10.3. The summed E-state index contributed by atoms with van der Waals surface area (Å²) in [4.78, 5) is 0. The highest BCUT2D eigenvalue weighted by atomic mass is 35.5. The SMILES string of the molecule is Cc1cc(CO)n(-c2ccc(Cl)cc2)n1. The molecule has 0 aliphatic heterocycles. The molecule has 0 unspecified atom stereocenters. The minimum absolute atomic E-state index is 0.0243. The van der Waals surface area contributed by atoms with Gasteiger partial charge in [0.25, 0.3) is 0 Å². The second-order valence-electron chi connectivity index (χ2n) is 3.32. The van der Waals surface area contributed by atoms with E-state index in [4.69, 9.17) is 16.7 Å². The molecule has 1 aromatic carbocycles. The molecule has 2 aromatic rings. The number of hydrogen-bond acceptors (Lipinski definition) is 2. The molecule has 1 heterocycles. The Morgan fingerprint density at radius 3 is 2.60 bits per heavy atom. The van der Waals surface area contributed by atoms with Crippen LogP contribution in [0.5, 0.6) is 0 Å². The Kier molecular flexibility index (Phi) is 2.75. The van der Waals surface area contributed by atoms with Gasteiger partial charge in [-0.25, -0.2) is 4.68 Å². The minimum atomic E-state index is -0.0243. The number of aryl methyl sites for hydroxylation is 1. The van der Waals surface area contributed by atoms with Crippen LogP contribution < -0.4 is 0 Å². The summed E-state index contributed by atoms with van der Waals surface area (Å²) in [6.07, 6.45) is 0. The van der Waals surface area contributed by atoms with Crippen molar-refractivity contribution in [2.75, 3.05) is 0 Å². The fraction of sp³-hybridized carbons (Fsp3) is 0.182. The number of hydrogen-bond donors (Lipinski definition) is 1. The van der Waals surface area contributed by atoms with Crippen LogP contribution in [-0.4, -0.2) is 14.9 Å². The summed E-state index contributed by atoms with van der Waals surface area (Å²) in [6.45, 7) is 1.87. The monoisotopic (exact) mass is 222 g/mol. The van der Waals surface area contributed by atoms with Crippen molar-refractivity contribution in [3.63, 3.8) is 0 Å². The molecular weight excluding hydrogens is 212 g/mol. The number of halogens is 1. The van der Waals surface area contributed by atoms with Crippen molar-refractivity contribution in [1.82, 2.24) is 9.78 Å². The van der Waals surface area contributed by atoms with E-state index in [1.54, 1.807) is 16.8 Å². The van der Waals surface area contributed by atoms with Gasteiger partial charge in [-0.2, -0.15) is 5.10 Å². The molecule has 4 heteroatoms. The zero-order valence-corrected chi connectivity index (χ0v) is 9.07. The van der Waals surface area contributed by atoms with Crippen molar-refractivity contribution in [3.05, 3.63) is 46.7 Å². The molecule has 0 fully saturated rings. The maximum Gasteiger partial charge on any atom is 0.0854 e. The lowest BCUT2D eigenvalue weighted by molar-refractivity contribution is 0.273. The summed E-state index contributed by atoms with van der Waals surface area (Å²) < 4.78 is 1.71. The Morgan fingerprint density at radius 2 is 2.00 bits per heavy atom. The van der Waals surface area contributed by atoms with E-state index in [-0.39, 0.29) is 6.61 Å². The molecule has 78 valence electrons. The van der Waals surface area contributed by atoms with Crippen molar-refractivity contribution >= 4 is 11.6 Å². The van der Waals surface area contributed by atoms with Crippen molar-refractivity contribution < 1.29 is 5.11 Å². The van der Waals surface area contributed by atoms with E-state index in [2.05, 4.69) is 5.10 Å². The van der Waals surface area contributed by atoms with Gasteiger partial charge >= 0.3 is 0 Å². The standard InChI is InChI=1S/C11H11ClN2O/c1-8-6-11(7-15)14(13-8)10-4-2-9(12)3-5-10/h2-6,15H,7H2,1H3. The predicted octanol–water partition coefficient (Wildman–Crippen LogP) is 2.33. The topological polar surface area (TPSA) is 38.0 Å². The maximum atomic E-state index is 9.16. The van der Waals surface area contributed by atoms with Crippen molar-refractivity contribution in [2.45, 2.75) is 13.5 Å². The summed E-state index contributed by atoms with van der Waals surface area (Å²) in [5.41, 5.74) is 2.56. The molecule has 0 amide bonds. The predicted molar refractivity (Wildman–Crippen MR) is 59.2 cm³/mol. The first kappa shape index (κ1) is 10.2. The molecule has 3 nitrogen and oxygen atoms in total. The van der Waals surface area contributed by atoms with E-state index in [0.717, 1.165) is 17.1 Å². The second-order valence-corrected chi connectivity index (χ2v) is 3.76. The third kappa shape index (κ3) is 2.03. The van der Waals surface area contributed by atoms with Gasteiger partial charge in [0.15, 0.2) is 0 Å². The third-order valence-electron chi connectivity index (χ3n) is 2.14. The average Bonchev–Trinajstić information content (AvgIpc) is 2.61. The Balaban J connectivity index is 2.48. The normalized spacial score (nSPS) is 10.6. The molecule has 0 atom stereocenters. The van der Waals surface area contributed by atoms with Crippen LogP contribution in [0.15, 0.2) is 30.3 Å². The van der Waals surface area contributed by atoms with Crippen molar-refractivity contribution in [1.29, 1.82) is 0 Å². The Bertz CT molecular complexity index is 462. The van der Waals surface area contributed by atoms with Gasteiger partial charge in [0.05, 0.1) is 23.7 Å². The summed E-state index contributed by atoms with van der Waals surface area (Å²) in [5.74, 6) is 0. The maximum absolute atomic E-state index is 9.16. The molecule has 0 aliphatic rings. The third-order valence-corrected chi connectivity index (χ3v) is 2.39. The number of aliphatic hydroxyl groups excluding tert-OH is 1. The number of benzene rings is 1. The van der Waals surface area contributed by atoms with Crippen molar-refractivity contribution in [2.24, 2.45) is 0 Å². The van der Waals surface area contributed by atoms with Crippen LogP contribution in [0.3, 0.4) is 0 Å². The molecule has 0 bridgehead atoms. The van der Waals surface area contributed by atoms with Crippen molar-refractivity contribution in [3.8, 4) is 5.69 Å². The Labute approximate surface area is 92.9 Å². The Hall–Kier alpha value is -1.32. The summed E-state index contributed by atoms with van der Waals surface area (Å²) in [5, 5.41) is 14.1. The van der Waals surface area contributed by atoms with E-state index >= 15 is 0 Å². The molecule has 0 radical (unpaired) electrons. The van der Waals surface area contributed by atoms with Crippen LogP contribution in [0.25, 0.3) is 5.69 Å². The van der Waals surface area contributed by atoms with Crippen LogP contribution in [0, 0.1) is 6.92 Å². The average molecular weight is 223 g/mol. The molecule has 1 N–H and O–H groups in total. The van der Waals surface area contributed by atoms with E-state index in [0.29, 0.717) is 5.02 Å². The van der Waals surface area contributed by atoms with Gasteiger partial charge in [0, 0.05) is 5.02 Å². The van der Waals surface area contributed by atoms with E-state index in [1.807, 2.05) is 25.1 Å². The lowest BCUT2D eigenvalue weighted by Crippen LogP contribution is -2.01. The van der Waals surface area contributed by atoms with Crippen LogP contribution in [-0.2, 0) is 6.61 Å². The molecule has 0 saturated heterocycles. The van der Waals surface area contributed by atoms with Crippen LogP contribution in [0.1, 0.15) is 11.4 Å². The fourth-order valence-electron chi connectivity index (χ4n) is 1.47. The molecule has 0 saturated carbocycles. The van der Waals surface area contributed by atoms with Gasteiger partial charge in [-0.1, -0.05) is 11.6 Å². The zero-order chi connectivity index (χ0) is 10.8. The van der Waals surface area contributed by atoms with E-state index in [9.17, 15) is 0 Å². The molecule has 1 aromatic heterocycles. The quantitative estimate of drug-likeness (QED) is 0.847. The van der Waals surface area contributed by atoms with Gasteiger partial charge in [0.2, 0.25) is 0 Å². The highest BCUT2D eigenvalue weighted by molar-refractivity contribution is 6.30. The largest absolute Gasteiger partial charge is 0.390 e. The molecular formula is C11H11ClN2O. The minimum Gasteiger partial charge on any atom is -0.390 e. The van der Waals surface area contributed by atoms with Gasteiger partial charge in [-0.15, -0.1) is 0 Å². The smallest absolute Gasteiger partial charge is 0.0854 e. The van der Waals surface area contributed by atoms with Crippen LogP contribution in [0.4, 0.5) is 0 Å². The van der Waals surface area contributed by atoms with Gasteiger partial charge < -0.3 is 5.11 Å². The number of aliphatic hydroxyl groups is 1. The van der Waals surface area contributed by atoms with E-state index in [1.165, 1.54) is 0 Å². The first-order chi connectivity index (χ1) is 7.20. The first-order valence-corrected chi connectivity index (χ1v) is 5.01. The molecule has 0 aliphatic carbocycles. The van der Waals surface area contributed by atoms with Gasteiger partial charge in [-0.05, 0) is 37.3 Å². The fourth-order valence-corrected chi connectivity index (χ4v) is 1.60. The molecule has 15 heavy (non-hydrogen) atoms. The van der Waals surface area contributed by atoms with Gasteiger partial charge in [-0.3, -0.25) is 0 Å². The number of nitrogens with zero attached hydrogens (tertiary/aromatic N) is 2. The first-order valence-electron chi connectivity index (χ1n) is 4.63. The lowest BCUT2D eigenvalue weighted by Gasteiger charge is -2.04. The van der Waals surface area contributed by atoms with Crippen LogP contribution in [0.2, 0.25) is 5.02 Å². The zero-order valence-electron chi connectivity index (χ0n) is 8.31. The highest BCUT2D eigenvalue weighted by Gasteiger charge is 2.05. The summed E-state index contributed by atoms with van der Waals surface area (Å²) >= 11 is 5.80. The summed E-state index contributed by atoms with van der Waals surface area (Å²) in [6, 6.07) is 9.20. The number of aromatic nitrogens is 2. The number of rotatable bonds is 2. The van der Waals surface area contributed by atoms with Gasteiger partial charge in [0.1, 0.15) is 0 Å². The molecule has 0 spiro atoms. The summed E-state index contributed by atoms with van der Waals surface area (Å²) in [7, 11) is 0. The Morgan fingerprint density at radius 1 is 1.33 bits per heavy atom. The van der Waals surface area contributed by atoms with E-state index < -0.39 is 0 Å². The second kappa shape index (κ2) is 4.04. The van der Waals surface area contributed by atoms with Crippen LogP contribution >= 0.6 is 11.6 Å². The molecule has 2 rings (SSSR count).